The Balaban J connectivity index is 1.68. The summed E-state index contributed by atoms with van der Waals surface area (Å²) >= 11 is 0. The van der Waals surface area contributed by atoms with Crippen molar-refractivity contribution in [2.75, 3.05) is 0 Å². The van der Waals surface area contributed by atoms with Gasteiger partial charge in [-0.25, -0.2) is 0 Å². The average Bonchev–Trinajstić information content (AvgIpc) is 2.53. The van der Waals surface area contributed by atoms with Crippen LogP contribution in [0.5, 0.6) is 0 Å². The minimum atomic E-state index is 0.721. The maximum absolute atomic E-state index is 4.52. The monoisotopic (exact) mass is 275 g/mol. The lowest BCUT2D eigenvalue weighted by atomic mass is 10.1. The molecule has 1 aromatic carbocycles. The highest BCUT2D eigenvalue weighted by Gasteiger charge is 2.01. The molecular formula is C18H17N3. The zero-order valence-corrected chi connectivity index (χ0v) is 12.0. The zero-order chi connectivity index (χ0) is 14.5. The summed E-state index contributed by atoms with van der Waals surface area (Å²) in [6.45, 7) is 1.94. The zero-order valence-electron chi connectivity index (χ0n) is 12.0. The molecule has 0 N–H and O–H groups in total. The first-order valence-corrected chi connectivity index (χ1v) is 7.05. The van der Waals surface area contributed by atoms with Crippen molar-refractivity contribution < 1.29 is 0 Å². The topological polar surface area (TPSA) is 38.7 Å². The van der Waals surface area contributed by atoms with E-state index >= 15 is 0 Å². The van der Waals surface area contributed by atoms with Gasteiger partial charge < -0.3 is 0 Å². The van der Waals surface area contributed by atoms with E-state index in [9.17, 15) is 0 Å². The van der Waals surface area contributed by atoms with Gasteiger partial charge in [0, 0.05) is 30.7 Å². The molecule has 0 aliphatic carbocycles. The summed E-state index contributed by atoms with van der Waals surface area (Å²) < 4.78 is 0. The fraction of sp³-hybridized carbons (Fsp3) is 0.167. The van der Waals surface area contributed by atoms with Crippen LogP contribution in [-0.2, 0) is 12.8 Å². The summed E-state index contributed by atoms with van der Waals surface area (Å²) in [5, 5.41) is 0. The quantitative estimate of drug-likeness (QED) is 0.733. The highest BCUT2D eigenvalue weighted by Crippen LogP contribution is 2.10. The Morgan fingerprint density at radius 3 is 2.14 bits per heavy atom. The first-order chi connectivity index (χ1) is 10.3. The van der Waals surface area contributed by atoms with Crippen LogP contribution in [0.2, 0.25) is 0 Å². The lowest BCUT2D eigenvalue weighted by Crippen LogP contribution is -1.98. The first-order valence-electron chi connectivity index (χ1n) is 7.05. The molecular weight excluding hydrogens is 258 g/mol. The second-order valence-electron chi connectivity index (χ2n) is 5.15. The van der Waals surface area contributed by atoms with Gasteiger partial charge in [0.25, 0.3) is 0 Å². The summed E-state index contributed by atoms with van der Waals surface area (Å²) in [7, 11) is 0. The van der Waals surface area contributed by atoms with Crippen molar-refractivity contribution in [1.82, 2.24) is 15.0 Å². The normalized spacial score (nSPS) is 10.5. The second kappa shape index (κ2) is 6.27. The van der Waals surface area contributed by atoms with E-state index in [1.54, 1.807) is 6.20 Å². The lowest BCUT2D eigenvalue weighted by molar-refractivity contribution is 0.962. The number of hydrogen-bond donors (Lipinski definition) is 0. The van der Waals surface area contributed by atoms with Crippen molar-refractivity contribution >= 4 is 0 Å². The molecule has 0 spiro atoms. The number of aromatic nitrogens is 3. The summed E-state index contributed by atoms with van der Waals surface area (Å²) in [5.41, 5.74) is 5.43. The predicted octanol–water partition coefficient (Wildman–Crippen LogP) is 3.36. The molecule has 0 unspecified atom stereocenters. The van der Waals surface area contributed by atoms with Crippen LogP contribution in [-0.4, -0.2) is 15.0 Å². The standard InChI is InChI=1S/C18H17N3/c1-14-11-20-18(13-19-14)10-17-8-7-16(12-21-17)9-15-5-3-2-4-6-15/h2-8,11-13H,9-10H2,1H3. The molecule has 0 aliphatic heterocycles. The lowest BCUT2D eigenvalue weighted by Gasteiger charge is -2.04. The number of aryl methyl sites for hydroxylation is 1. The van der Waals surface area contributed by atoms with E-state index in [4.69, 9.17) is 0 Å². The molecule has 0 fully saturated rings. The van der Waals surface area contributed by atoms with Gasteiger partial charge in [-0.15, -0.1) is 0 Å². The van der Waals surface area contributed by atoms with Crippen LogP contribution in [0.15, 0.2) is 61.1 Å². The minimum Gasteiger partial charge on any atom is -0.261 e. The summed E-state index contributed by atoms with van der Waals surface area (Å²) in [4.78, 5) is 13.1. The van der Waals surface area contributed by atoms with Crippen LogP contribution < -0.4 is 0 Å². The molecule has 3 rings (SSSR count). The van der Waals surface area contributed by atoms with E-state index in [2.05, 4.69) is 51.4 Å². The molecule has 0 saturated heterocycles. The largest absolute Gasteiger partial charge is 0.261 e. The van der Waals surface area contributed by atoms with E-state index in [1.807, 2.05) is 25.4 Å². The second-order valence-corrected chi connectivity index (χ2v) is 5.15. The number of hydrogen-bond acceptors (Lipinski definition) is 3. The van der Waals surface area contributed by atoms with Gasteiger partial charge in [0.1, 0.15) is 0 Å². The molecule has 21 heavy (non-hydrogen) atoms. The first kappa shape index (κ1) is 13.4. The van der Waals surface area contributed by atoms with E-state index < -0.39 is 0 Å². The molecule has 3 aromatic rings. The van der Waals surface area contributed by atoms with Gasteiger partial charge in [-0.05, 0) is 30.5 Å². The Morgan fingerprint density at radius 1 is 0.667 bits per heavy atom. The van der Waals surface area contributed by atoms with E-state index in [0.29, 0.717) is 0 Å². The molecule has 0 aliphatic rings. The highest BCUT2D eigenvalue weighted by molar-refractivity contribution is 5.25. The van der Waals surface area contributed by atoms with E-state index in [-0.39, 0.29) is 0 Å². The van der Waals surface area contributed by atoms with Crippen LogP contribution in [0.25, 0.3) is 0 Å². The van der Waals surface area contributed by atoms with Crippen molar-refractivity contribution in [3.8, 4) is 0 Å². The van der Waals surface area contributed by atoms with Gasteiger partial charge in [-0.3, -0.25) is 15.0 Å². The van der Waals surface area contributed by atoms with Crippen LogP contribution in [0.1, 0.15) is 28.2 Å². The third-order valence-electron chi connectivity index (χ3n) is 3.33. The Labute approximate surface area is 124 Å². The van der Waals surface area contributed by atoms with Crippen molar-refractivity contribution in [3.63, 3.8) is 0 Å². The Kier molecular flexibility index (Phi) is 4.01. The summed E-state index contributed by atoms with van der Waals surface area (Å²) in [5.74, 6) is 0. The number of nitrogens with zero attached hydrogens (tertiary/aromatic N) is 3. The molecule has 0 atom stereocenters. The molecule has 104 valence electrons. The van der Waals surface area contributed by atoms with Crippen molar-refractivity contribution in [2.45, 2.75) is 19.8 Å². The third-order valence-corrected chi connectivity index (χ3v) is 3.33. The smallest absolute Gasteiger partial charge is 0.0646 e. The average molecular weight is 275 g/mol. The van der Waals surface area contributed by atoms with Crippen molar-refractivity contribution in [3.05, 3.63) is 89.3 Å². The SMILES string of the molecule is Cc1cnc(Cc2ccc(Cc3ccccc3)cn2)cn1. The highest BCUT2D eigenvalue weighted by atomic mass is 14.8. The van der Waals surface area contributed by atoms with Crippen molar-refractivity contribution in [1.29, 1.82) is 0 Å². The van der Waals surface area contributed by atoms with Crippen LogP contribution in [0.4, 0.5) is 0 Å². The van der Waals surface area contributed by atoms with Gasteiger partial charge in [0.2, 0.25) is 0 Å². The number of benzene rings is 1. The number of rotatable bonds is 4. The van der Waals surface area contributed by atoms with Gasteiger partial charge in [-0.2, -0.15) is 0 Å². The molecule has 3 nitrogen and oxygen atoms in total. The maximum Gasteiger partial charge on any atom is 0.0646 e. The number of pyridine rings is 1. The summed E-state index contributed by atoms with van der Waals surface area (Å²) in [6.07, 6.45) is 7.19. The summed E-state index contributed by atoms with van der Waals surface area (Å²) in [6, 6.07) is 14.6. The van der Waals surface area contributed by atoms with Gasteiger partial charge in [-0.1, -0.05) is 36.4 Å². The van der Waals surface area contributed by atoms with Gasteiger partial charge >= 0.3 is 0 Å². The van der Waals surface area contributed by atoms with Crippen LogP contribution in [0.3, 0.4) is 0 Å². The molecule has 0 bridgehead atoms. The van der Waals surface area contributed by atoms with Crippen LogP contribution in [0, 0.1) is 6.92 Å². The molecule has 3 heteroatoms. The fourth-order valence-electron chi connectivity index (χ4n) is 2.19. The fourth-order valence-corrected chi connectivity index (χ4v) is 2.19. The maximum atomic E-state index is 4.52. The van der Waals surface area contributed by atoms with Gasteiger partial charge in [0.15, 0.2) is 0 Å². The Morgan fingerprint density at radius 2 is 1.48 bits per heavy atom. The molecule has 0 radical (unpaired) electrons. The minimum absolute atomic E-state index is 0.721. The van der Waals surface area contributed by atoms with Crippen molar-refractivity contribution in [2.24, 2.45) is 0 Å². The predicted molar refractivity (Wildman–Crippen MR) is 83.1 cm³/mol. The molecule has 0 amide bonds. The molecule has 2 aromatic heterocycles. The van der Waals surface area contributed by atoms with E-state index in [0.717, 1.165) is 29.9 Å². The van der Waals surface area contributed by atoms with E-state index in [1.165, 1.54) is 11.1 Å². The van der Waals surface area contributed by atoms with Gasteiger partial charge in [0.05, 0.1) is 11.4 Å². The van der Waals surface area contributed by atoms with Crippen LogP contribution >= 0.6 is 0 Å². The Hall–Kier alpha value is -2.55. The molecule has 0 saturated carbocycles. The third kappa shape index (κ3) is 3.72. The molecule has 2 heterocycles. The Bertz CT molecular complexity index is 689.